The Balaban J connectivity index is 3.05. The summed E-state index contributed by atoms with van der Waals surface area (Å²) < 4.78 is 4.93. The monoisotopic (exact) mass is 167 g/mol. The van der Waals surface area contributed by atoms with Gasteiger partial charge in [0.2, 0.25) is 0 Å². The molecule has 0 aliphatic heterocycles. The number of hydrogen-bond donors (Lipinski definition) is 0. The molecule has 0 spiro atoms. The highest BCUT2D eigenvalue weighted by Crippen LogP contribution is 2.32. The minimum Gasteiger partial charge on any atom is -0.364 e. The van der Waals surface area contributed by atoms with Gasteiger partial charge in [-0.05, 0) is 18.3 Å². The highest BCUT2D eigenvalue weighted by molar-refractivity contribution is 5.23. The first kappa shape index (κ1) is 9.30. The van der Waals surface area contributed by atoms with Gasteiger partial charge >= 0.3 is 0 Å². The van der Waals surface area contributed by atoms with Crippen LogP contribution in [-0.2, 0) is 5.41 Å². The Morgan fingerprint density at radius 1 is 1.42 bits per heavy atom. The van der Waals surface area contributed by atoms with Gasteiger partial charge in [0, 0.05) is 5.56 Å². The lowest BCUT2D eigenvalue weighted by Gasteiger charge is -2.28. The maximum absolute atomic E-state index is 4.93. The molecular formula is C10H17NO. The van der Waals surface area contributed by atoms with Crippen molar-refractivity contribution in [2.75, 3.05) is 0 Å². The van der Waals surface area contributed by atoms with Crippen molar-refractivity contribution >= 4 is 0 Å². The lowest BCUT2D eigenvalue weighted by molar-refractivity contribution is 0.364. The predicted octanol–water partition coefficient (Wildman–Crippen LogP) is 2.92. The van der Waals surface area contributed by atoms with E-state index in [0.717, 1.165) is 5.69 Å². The molecule has 0 atom stereocenters. The first-order valence-electron chi connectivity index (χ1n) is 4.37. The van der Waals surface area contributed by atoms with Crippen LogP contribution in [0.5, 0.6) is 0 Å². The molecule has 1 rings (SSSR count). The number of aromatic nitrogens is 1. The predicted molar refractivity (Wildman–Crippen MR) is 49.1 cm³/mol. The summed E-state index contributed by atoms with van der Waals surface area (Å²) in [5.74, 6) is 0.593. The van der Waals surface area contributed by atoms with Crippen molar-refractivity contribution in [1.82, 2.24) is 5.16 Å². The number of hydrogen-bond acceptors (Lipinski definition) is 2. The molecule has 2 heteroatoms. The van der Waals surface area contributed by atoms with Crippen LogP contribution in [0.25, 0.3) is 0 Å². The first-order valence-corrected chi connectivity index (χ1v) is 4.37. The van der Waals surface area contributed by atoms with E-state index in [2.05, 4.69) is 32.9 Å². The van der Waals surface area contributed by atoms with Gasteiger partial charge in [0.25, 0.3) is 0 Å². The normalized spacial score (nSPS) is 12.5. The third kappa shape index (κ3) is 1.38. The van der Waals surface area contributed by atoms with Crippen LogP contribution in [0.3, 0.4) is 0 Å². The van der Waals surface area contributed by atoms with Gasteiger partial charge in [-0.25, -0.2) is 0 Å². The van der Waals surface area contributed by atoms with Crippen LogP contribution in [0.1, 0.15) is 39.0 Å². The van der Waals surface area contributed by atoms with Gasteiger partial charge in [-0.2, -0.15) is 0 Å². The van der Waals surface area contributed by atoms with E-state index < -0.39 is 0 Å². The molecular weight excluding hydrogens is 150 g/mol. The molecule has 12 heavy (non-hydrogen) atoms. The second-order valence-corrected chi connectivity index (χ2v) is 4.19. The van der Waals surface area contributed by atoms with E-state index in [9.17, 15) is 0 Å². The summed E-state index contributed by atoms with van der Waals surface area (Å²) in [6.07, 6.45) is 1.76. The molecule has 0 saturated carbocycles. The Morgan fingerprint density at radius 2 is 2.00 bits per heavy atom. The molecule has 0 bridgehead atoms. The van der Waals surface area contributed by atoms with Crippen molar-refractivity contribution in [2.45, 2.75) is 40.0 Å². The van der Waals surface area contributed by atoms with E-state index in [4.69, 9.17) is 4.52 Å². The molecule has 0 amide bonds. The van der Waals surface area contributed by atoms with Crippen molar-refractivity contribution in [2.24, 2.45) is 5.92 Å². The molecule has 0 aromatic carbocycles. The number of rotatable bonds is 2. The lowest BCUT2D eigenvalue weighted by atomic mass is 9.75. The fourth-order valence-corrected chi connectivity index (χ4v) is 1.22. The highest BCUT2D eigenvalue weighted by Gasteiger charge is 2.28. The summed E-state index contributed by atoms with van der Waals surface area (Å²) in [7, 11) is 0. The highest BCUT2D eigenvalue weighted by atomic mass is 16.5. The van der Waals surface area contributed by atoms with Crippen molar-refractivity contribution in [3.05, 3.63) is 17.5 Å². The van der Waals surface area contributed by atoms with Gasteiger partial charge in [-0.15, -0.1) is 0 Å². The van der Waals surface area contributed by atoms with Crippen LogP contribution in [0.2, 0.25) is 0 Å². The van der Waals surface area contributed by atoms with Crippen LogP contribution >= 0.6 is 0 Å². The Bertz CT molecular complexity index is 261. The van der Waals surface area contributed by atoms with Crippen LogP contribution < -0.4 is 0 Å². The lowest BCUT2D eigenvalue weighted by Crippen LogP contribution is -2.24. The Kier molecular flexibility index (Phi) is 2.27. The fraction of sp³-hybridized carbons (Fsp3) is 0.700. The fourth-order valence-electron chi connectivity index (χ4n) is 1.22. The topological polar surface area (TPSA) is 26.0 Å². The largest absolute Gasteiger partial charge is 0.364 e. The third-order valence-corrected chi connectivity index (χ3v) is 2.89. The molecule has 1 heterocycles. The summed E-state index contributed by atoms with van der Waals surface area (Å²) in [5, 5.41) is 3.89. The van der Waals surface area contributed by atoms with Gasteiger partial charge in [0.1, 0.15) is 6.26 Å². The Morgan fingerprint density at radius 3 is 2.33 bits per heavy atom. The van der Waals surface area contributed by atoms with Crippen molar-refractivity contribution in [3.63, 3.8) is 0 Å². The van der Waals surface area contributed by atoms with Gasteiger partial charge in [-0.1, -0.05) is 32.9 Å². The molecule has 0 aliphatic rings. The Labute approximate surface area is 74.0 Å². The van der Waals surface area contributed by atoms with E-state index in [1.807, 2.05) is 6.92 Å². The van der Waals surface area contributed by atoms with E-state index >= 15 is 0 Å². The average Bonchev–Trinajstić information content (AvgIpc) is 2.35. The average molecular weight is 167 g/mol. The summed E-state index contributed by atoms with van der Waals surface area (Å²) in [4.78, 5) is 0. The SMILES string of the molecule is Cc1nocc1C(C)(C)C(C)C. The van der Waals surface area contributed by atoms with Crippen LogP contribution in [0.4, 0.5) is 0 Å². The van der Waals surface area contributed by atoms with Crippen LogP contribution in [0.15, 0.2) is 10.8 Å². The molecule has 2 nitrogen and oxygen atoms in total. The zero-order chi connectivity index (χ0) is 9.35. The molecule has 1 aromatic heterocycles. The van der Waals surface area contributed by atoms with Crippen molar-refractivity contribution in [3.8, 4) is 0 Å². The van der Waals surface area contributed by atoms with Gasteiger partial charge in [-0.3, -0.25) is 0 Å². The smallest absolute Gasteiger partial charge is 0.127 e. The van der Waals surface area contributed by atoms with Gasteiger partial charge in [0.15, 0.2) is 0 Å². The quantitative estimate of drug-likeness (QED) is 0.677. The van der Waals surface area contributed by atoms with Gasteiger partial charge < -0.3 is 4.52 Å². The Hall–Kier alpha value is -0.790. The van der Waals surface area contributed by atoms with Gasteiger partial charge in [0.05, 0.1) is 5.69 Å². The summed E-state index contributed by atoms with van der Waals surface area (Å²) >= 11 is 0. The molecule has 68 valence electrons. The molecule has 0 radical (unpaired) electrons. The minimum atomic E-state index is 0.157. The van der Waals surface area contributed by atoms with Crippen LogP contribution in [0, 0.1) is 12.8 Å². The summed E-state index contributed by atoms with van der Waals surface area (Å²) in [5.41, 5.74) is 2.38. The van der Waals surface area contributed by atoms with Crippen LogP contribution in [-0.4, -0.2) is 5.16 Å². The standard InChI is InChI=1S/C10H17NO/c1-7(2)10(4,5)9-6-12-11-8(9)3/h6-7H,1-5H3. The second kappa shape index (κ2) is 2.92. The van der Waals surface area contributed by atoms with Crippen molar-refractivity contribution in [1.29, 1.82) is 0 Å². The maximum atomic E-state index is 4.93. The van der Waals surface area contributed by atoms with E-state index in [1.165, 1.54) is 5.56 Å². The number of aryl methyl sites for hydroxylation is 1. The molecule has 0 fully saturated rings. The molecule has 0 saturated heterocycles. The molecule has 0 aliphatic carbocycles. The van der Waals surface area contributed by atoms with E-state index in [-0.39, 0.29) is 5.41 Å². The minimum absolute atomic E-state index is 0.157. The summed E-state index contributed by atoms with van der Waals surface area (Å²) in [6, 6.07) is 0. The van der Waals surface area contributed by atoms with Crippen molar-refractivity contribution < 1.29 is 4.52 Å². The molecule has 0 N–H and O–H groups in total. The number of nitrogens with zero attached hydrogens (tertiary/aromatic N) is 1. The third-order valence-electron chi connectivity index (χ3n) is 2.89. The maximum Gasteiger partial charge on any atom is 0.127 e. The first-order chi connectivity index (χ1) is 5.46. The van der Waals surface area contributed by atoms with E-state index in [0.29, 0.717) is 5.92 Å². The molecule has 1 aromatic rings. The second-order valence-electron chi connectivity index (χ2n) is 4.19. The van der Waals surface area contributed by atoms with E-state index in [1.54, 1.807) is 6.26 Å². The summed E-state index contributed by atoms with van der Waals surface area (Å²) in [6.45, 7) is 10.9. The zero-order valence-corrected chi connectivity index (χ0v) is 8.51. The molecule has 0 unspecified atom stereocenters. The zero-order valence-electron chi connectivity index (χ0n) is 8.51.